The molecule has 0 atom stereocenters. The summed E-state index contributed by atoms with van der Waals surface area (Å²) in [5, 5.41) is 0. The van der Waals surface area contributed by atoms with Crippen LogP contribution in [0.3, 0.4) is 0 Å². The van der Waals surface area contributed by atoms with Crippen molar-refractivity contribution in [1.29, 1.82) is 0 Å². The fourth-order valence-electron chi connectivity index (χ4n) is 1.49. The predicted molar refractivity (Wildman–Crippen MR) is 78.2 cm³/mol. The van der Waals surface area contributed by atoms with E-state index in [9.17, 15) is 9.18 Å². The van der Waals surface area contributed by atoms with Crippen LogP contribution >= 0.6 is 15.9 Å². The molecule has 2 nitrogen and oxygen atoms in total. The Morgan fingerprint density at radius 1 is 1.53 bits per heavy atom. The van der Waals surface area contributed by atoms with E-state index in [4.69, 9.17) is 4.74 Å². The Morgan fingerprint density at radius 2 is 2.26 bits per heavy atom. The molecule has 1 aromatic rings. The Bertz CT molecular complexity index is 495. The van der Waals surface area contributed by atoms with Crippen molar-refractivity contribution in [3.63, 3.8) is 0 Å². The first-order valence-electron chi connectivity index (χ1n) is 6.00. The number of carbonyl (C=O) groups is 1. The SMILES string of the molecule is C=C/C(=C\CCC)COc1cc(F)cc(Br)c1C=O. The molecule has 0 aliphatic carbocycles. The number of unbranched alkanes of at least 4 members (excludes halogenated alkanes) is 1. The average Bonchev–Trinajstić information content (AvgIpc) is 2.38. The van der Waals surface area contributed by atoms with Crippen LogP contribution in [-0.2, 0) is 0 Å². The number of benzene rings is 1. The van der Waals surface area contributed by atoms with Gasteiger partial charge in [-0.1, -0.05) is 32.1 Å². The largest absolute Gasteiger partial charge is 0.488 e. The molecule has 102 valence electrons. The van der Waals surface area contributed by atoms with Crippen LogP contribution in [0.2, 0.25) is 0 Å². The van der Waals surface area contributed by atoms with Crippen LogP contribution in [0, 0.1) is 5.82 Å². The van der Waals surface area contributed by atoms with E-state index in [1.165, 1.54) is 12.1 Å². The highest BCUT2D eigenvalue weighted by molar-refractivity contribution is 9.10. The van der Waals surface area contributed by atoms with Gasteiger partial charge in [0, 0.05) is 10.5 Å². The van der Waals surface area contributed by atoms with Gasteiger partial charge >= 0.3 is 0 Å². The second-order valence-electron chi connectivity index (χ2n) is 3.98. The summed E-state index contributed by atoms with van der Waals surface area (Å²) in [6.45, 7) is 6.04. The number of rotatable bonds is 7. The zero-order valence-corrected chi connectivity index (χ0v) is 12.4. The lowest BCUT2D eigenvalue weighted by Crippen LogP contribution is -2.03. The van der Waals surface area contributed by atoms with Gasteiger partial charge in [0.2, 0.25) is 0 Å². The van der Waals surface area contributed by atoms with E-state index in [1.807, 2.05) is 6.08 Å². The van der Waals surface area contributed by atoms with Crippen LogP contribution in [0.4, 0.5) is 4.39 Å². The number of ether oxygens (including phenoxy) is 1. The van der Waals surface area contributed by atoms with Crippen LogP contribution in [0.5, 0.6) is 5.75 Å². The second-order valence-corrected chi connectivity index (χ2v) is 4.83. The summed E-state index contributed by atoms with van der Waals surface area (Å²) < 4.78 is 19.2. The molecule has 0 saturated carbocycles. The van der Waals surface area contributed by atoms with E-state index in [1.54, 1.807) is 6.08 Å². The average molecular weight is 327 g/mol. The van der Waals surface area contributed by atoms with Crippen molar-refractivity contribution in [2.24, 2.45) is 0 Å². The first-order chi connectivity index (χ1) is 9.12. The molecule has 4 heteroatoms. The number of hydrogen-bond acceptors (Lipinski definition) is 2. The molecule has 0 spiro atoms. The topological polar surface area (TPSA) is 26.3 Å². The number of carbonyl (C=O) groups excluding carboxylic acids is 1. The molecule has 0 radical (unpaired) electrons. The van der Waals surface area contributed by atoms with Gasteiger partial charge in [-0.25, -0.2) is 4.39 Å². The lowest BCUT2D eigenvalue weighted by Gasteiger charge is -2.10. The van der Waals surface area contributed by atoms with Crippen molar-refractivity contribution in [2.75, 3.05) is 6.61 Å². The van der Waals surface area contributed by atoms with Crippen LogP contribution in [-0.4, -0.2) is 12.9 Å². The quantitative estimate of drug-likeness (QED) is 0.536. The summed E-state index contributed by atoms with van der Waals surface area (Å²) in [5.41, 5.74) is 1.22. The van der Waals surface area contributed by atoms with E-state index in [2.05, 4.69) is 29.4 Å². The van der Waals surface area contributed by atoms with Gasteiger partial charge in [0.05, 0.1) is 5.56 Å². The molecule has 0 fully saturated rings. The fraction of sp³-hybridized carbons (Fsp3) is 0.267. The standard InChI is InChI=1S/C15H16BrFO2/c1-3-5-6-11(4-2)10-19-15-8-12(17)7-14(16)13(15)9-18/h4,6-9H,2-3,5,10H2,1H3/b11-6+. The Balaban J connectivity index is 2.87. The van der Waals surface area contributed by atoms with Crippen molar-refractivity contribution in [3.8, 4) is 5.75 Å². The minimum Gasteiger partial charge on any atom is -0.488 e. The summed E-state index contributed by atoms with van der Waals surface area (Å²) in [6, 6.07) is 2.44. The molecule has 0 amide bonds. The van der Waals surface area contributed by atoms with Crippen LogP contribution in [0.15, 0.2) is 40.9 Å². The van der Waals surface area contributed by atoms with Crippen LogP contribution in [0.1, 0.15) is 30.1 Å². The predicted octanol–water partition coefficient (Wildman–Crippen LogP) is 4.69. The molecule has 0 heterocycles. The van der Waals surface area contributed by atoms with Gasteiger partial charge in [0.25, 0.3) is 0 Å². The monoisotopic (exact) mass is 326 g/mol. The minimum atomic E-state index is -0.454. The van der Waals surface area contributed by atoms with E-state index in [-0.39, 0.29) is 12.4 Å². The Labute approximate surface area is 121 Å². The summed E-state index contributed by atoms with van der Waals surface area (Å²) in [6.07, 6.45) is 6.31. The van der Waals surface area contributed by atoms with E-state index in [0.29, 0.717) is 16.3 Å². The molecule has 0 unspecified atom stereocenters. The summed E-state index contributed by atoms with van der Waals surface area (Å²) >= 11 is 3.14. The van der Waals surface area contributed by atoms with Gasteiger partial charge in [-0.3, -0.25) is 4.79 Å². The van der Waals surface area contributed by atoms with Gasteiger partial charge in [0.1, 0.15) is 18.2 Å². The maximum Gasteiger partial charge on any atom is 0.154 e. The molecule has 0 N–H and O–H groups in total. The first-order valence-corrected chi connectivity index (χ1v) is 6.80. The molecule has 0 aromatic heterocycles. The Kier molecular flexibility index (Phi) is 6.50. The van der Waals surface area contributed by atoms with Crippen molar-refractivity contribution < 1.29 is 13.9 Å². The third-order valence-corrected chi connectivity index (χ3v) is 3.18. The number of halogens is 2. The normalized spacial score (nSPS) is 11.2. The van der Waals surface area contributed by atoms with Gasteiger partial charge in [-0.05, 0) is 34.0 Å². The maximum atomic E-state index is 13.3. The molecule has 1 aromatic carbocycles. The van der Waals surface area contributed by atoms with Crippen molar-refractivity contribution in [3.05, 3.63) is 52.3 Å². The summed E-state index contributed by atoms with van der Waals surface area (Å²) in [7, 11) is 0. The van der Waals surface area contributed by atoms with Gasteiger partial charge in [-0.2, -0.15) is 0 Å². The Morgan fingerprint density at radius 3 is 2.84 bits per heavy atom. The highest BCUT2D eigenvalue weighted by Gasteiger charge is 2.10. The number of allylic oxidation sites excluding steroid dienone is 1. The van der Waals surface area contributed by atoms with Crippen molar-refractivity contribution in [1.82, 2.24) is 0 Å². The second kappa shape index (κ2) is 7.89. The van der Waals surface area contributed by atoms with Gasteiger partial charge in [-0.15, -0.1) is 0 Å². The van der Waals surface area contributed by atoms with Crippen molar-refractivity contribution >= 4 is 22.2 Å². The summed E-state index contributed by atoms with van der Waals surface area (Å²) in [5.74, 6) is -0.226. The van der Waals surface area contributed by atoms with Gasteiger partial charge in [0.15, 0.2) is 6.29 Å². The smallest absolute Gasteiger partial charge is 0.154 e. The zero-order valence-electron chi connectivity index (χ0n) is 10.8. The molecular weight excluding hydrogens is 311 g/mol. The highest BCUT2D eigenvalue weighted by Crippen LogP contribution is 2.27. The molecule has 0 aliphatic heterocycles. The first kappa shape index (κ1) is 15.6. The van der Waals surface area contributed by atoms with E-state index in [0.717, 1.165) is 18.4 Å². The molecule has 19 heavy (non-hydrogen) atoms. The molecule has 0 bridgehead atoms. The highest BCUT2D eigenvalue weighted by atomic mass is 79.9. The lowest BCUT2D eigenvalue weighted by molar-refractivity contribution is 0.111. The zero-order chi connectivity index (χ0) is 14.3. The molecule has 1 rings (SSSR count). The number of hydrogen-bond donors (Lipinski definition) is 0. The number of aldehydes is 1. The maximum absolute atomic E-state index is 13.3. The summed E-state index contributed by atoms with van der Waals surface area (Å²) in [4.78, 5) is 11.0. The van der Waals surface area contributed by atoms with E-state index >= 15 is 0 Å². The fourth-order valence-corrected chi connectivity index (χ4v) is 1.99. The third kappa shape index (κ3) is 4.63. The van der Waals surface area contributed by atoms with E-state index < -0.39 is 5.82 Å². The third-order valence-electron chi connectivity index (χ3n) is 2.53. The molecular formula is C15H16BrFO2. The molecule has 0 aliphatic rings. The Hall–Kier alpha value is -1.42. The molecule has 0 saturated heterocycles. The minimum absolute atomic E-state index is 0.228. The van der Waals surface area contributed by atoms with Crippen LogP contribution < -0.4 is 4.74 Å². The van der Waals surface area contributed by atoms with Gasteiger partial charge < -0.3 is 4.74 Å². The lowest BCUT2D eigenvalue weighted by atomic mass is 10.2. The van der Waals surface area contributed by atoms with Crippen LogP contribution in [0.25, 0.3) is 0 Å². The van der Waals surface area contributed by atoms with Crippen molar-refractivity contribution in [2.45, 2.75) is 19.8 Å².